The van der Waals surface area contributed by atoms with E-state index in [0.717, 1.165) is 0 Å². The Kier molecular flexibility index (Phi) is 7.41. The molecule has 0 aromatic carbocycles. The Hall–Kier alpha value is -0.180. The SMILES string of the molecule is CCS(=O)(=O)NC.CCS(N)(=O)=O. The van der Waals surface area contributed by atoms with Gasteiger partial charge in [-0.25, -0.2) is 26.7 Å². The van der Waals surface area contributed by atoms with Gasteiger partial charge < -0.3 is 0 Å². The van der Waals surface area contributed by atoms with E-state index < -0.39 is 20.0 Å². The van der Waals surface area contributed by atoms with Gasteiger partial charge in [0.25, 0.3) is 0 Å². The fourth-order valence-corrected chi connectivity index (χ4v) is 0.433. The van der Waals surface area contributed by atoms with Crippen LogP contribution in [0.25, 0.3) is 0 Å². The first-order valence-electron chi connectivity index (χ1n) is 3.60. The molecule has 6 nitrogen and oxygen atoms in total. The molecule has 0 fully saturated rings. The van der Waals surface area contributed by atoms with Crippen LogP contribution in [-0.2, 0) is 20.0 Å². The highest BCUT2D eigenvalue weighted by Crippen LogP contribution is 1.75. The minimum Gasteiger partial charge on any atom is -0.229 e. The molecule has 13 heavy (non-hydrogen) atoms. The van der Waals surface area contributed by atoms with Crippen LogP contribution in [0.15, 0.2) is 0 Å². The third-order valence-electron chi connectivity index (χ3n) is 1.09. The lowest BCUT2D eigenvalue weighted by Gasteiger charge is -1.92. The maximum Gasteiger partial charge on any atom is 0.211 e. The van der Waals surface area contributed by atoms with Crippen molar-refractivity contribution in [3.63, 3.8) is 0 Å². The molecule has 0 saturated carbocycles. The molecule has 0 saturated heterocycles. The normalized spacial score (nSPS) is 11.7. The number of hydrogen-bond acceptors (Lipinski definition) is 4. The van der Waals surface area contributed by atoms with Gasteiger partial charge in [-0.3, -0.25) is 0 Å². The van der Waals surface area contributed by atoms with Crippen molar-refractivity contribution in [3.8, 4) is 0 Å². The summed E-state index contributed by atoms with van der Waals surface area (Å²) in [6.07, 6.45) is 0. The average Bonchev–Trinajstić information content (AvgIpc) is 2.04. The molecular formula is C5H16N2O4S2. The zero-order chi connectivity index (χ0) is 11.1. The molecule has 0 bridgehead atoms. The van der Waals surface area contributed by atoms with Gasteiger partial charge in [-0.2, -0.15) is 0 Å². The van der Waals surface area contributed by atoms with E-state index in [1.807, 2.05) is 0 Å². The van der Waals surface area contributed by atoms with Gasteiger partial charge in [0.1, 0.15) is 0 Å². The molecule has 0 aliphatic carbocycles. The minimum absolute atomic E-state index is 0.0208. The van der Waals surface area contributed by atoms with Gasteiger partial charge in [0, 0.05) is 0 Å². The third-order valence-corrected chi connectivity index (χ3v) is 3.28. The van der Waals surface area contributed by atoms with Crippen molar-refractivity contribution in [3.05, 3.63) is 0 Å². The Morgan fingerprint density at radius 2 is 1.38 bits per heavy atom. The molecule has 0 amide bonds. The van der Waals surface area contributed by atoms with Crippen molar-refractivity contribution in [1.82, 2.24) is 4.72 Å². The summed E-state index contributed by atoms with van der Waals surface area (Å²) in [5.41, 5.74) is 0. The standard InChI is InChI=1S/C3H9NO2S.C2H7NO2S/c1-3-7(5,6)4-2;1-2-6(3,4)5/h4H,3H2,1-2H3;2H2,1H3,(H2,3,4,5). The maximum absolute atomic E-state index is 10.3. The lowest BCUT2D eigenvalue weighted by molar-refractivity contribution is 0.589. The number of rotatable bonds is 3. The van der Waals surface area contributed by atoms with Gasteiger partial charge in [-0.15, -0.1) is 0 Å². The molecule has 0 aromatic heterocycles. The lowest BCUT2D eigenvalue weighted by atomic mass is 11.0. The van der Waals surface area contributed by atoms with E-state index in [4.69, 9.17) is 0 Å². The van der Waals surface area contributed by atoms with Crippen molar-refractivity contribution in [1.29, 1.82) is 0 Å². The fraction of sp³-hybridized carbons (Fsp3) is 1.00. The summed E-state index contributed by atoms with van der Waals surface area (Å²) in [5.74, 6) is 0.177. The lowest BCUT2D eigenvalue weighted by Crippen LogP contribution is -2.19. The van der Waals surface area contributed by atoms with Crippen LogP contribution in [0.3, 0.4) is 0 Å². The molecule has 0 unspecified atom stereocenters. The van der Waals surface area contributed by atoms with Gasteiger partial charge in [0.15, 0.2) is 0 Å². The quantitative estimate of drug-likeness (QED) is 0.640. The summed E-state index contributed by atoms with van der Waals surface area (Å²) in [4.78, 5) is 0. The molecule has 0 aromatic rings. The van der Waals surface area contributed by atoms with Crippen molar-refractivity contribution in [2.24, 2.45) is 5.14 Å². The van der Waals surface area contributed by atoms with Crippen LogP contribution in [0.4, 0.5) is 0 Å². The second-order valence-electron chi connectivity index (χ2n) is 2.06. The van der Waals surface area contributed by atoms with Crippen LogP contribution in [0.1, 0.15) is 13.8 Å². The number of sulfonamides is 2. The van der Waals surface area contributed by atoms with Crippen LogP contribution in [-0.4, -0.2) is 35.4 Å². The van der Waals surface area contributed by atoms with Gasteiger partial charge >= 0.3 is 0 Å². The monoisotopic (exact) mass is 232 g/mol. The summed E-state index contributed by atoms with van der Waals surface area (Å²) in [6, 6.07) is 0. The van der Waals surface area contributed by atoms with Crippen molar-refractivity contribution in [2.45, 2.75) is 13.8 Å². The topological polar surface area (TPSA) is 106 Å². The Balaban J connectivity index is 0. The first kappa shape index (κ1) is 15.3. The highest BCUT2D eigenvalue weighted by atomic mass is 32.2. The van der Waals surface area contributed by atoms with Gasteiger partial charge in [-0.05, 0) is 20.9 Å². The Bertz CT molecular complexity index is 295. The fourth-order valence-electron chi connectivity index (χ4n) is 0.144. The zero-order valence-electron chi connectivity index (χ0n) is 7.94. The number of nitrogens with one attached hydrogen (secondary N) is 1. The van der Waals surface area contributed by atoms with Crippen molar-refractivity contribution >= 4 is 20.0 Å². The van der Waals surface area contributed by atoms with Gasteiger partial charge in [0.2, 0.25) is 20.0 Å². The summed E-state index contributed by atoms with van der Waals surface area (Å²) < 4.78 is 42.2. The second kappa shape index (κ2) is 6.30. The smallest absolute Gasteiger partial charge is 0.211 e. The summed E-state index contributed by atoms with van der Waals surface area (Å²) >= 11 is 0. The molecule has 0 heterocycles. The molecule has 0 aliphatic rings. The van der Waals surface area contributed by atoms with Gasteiger partial charge in [0.05, 0.1) is 11.5 Å². The van der Waals surface area contributed by atoms with E-state index in [2.05, 4.69) is 9.86 Å². The maximum atomic E-state index is 10.3. The first-order valence-corrected chi connectivity index (χ1v) is 6.97. The average molecular weight is 232 g/mol. The number of hydrogen-bond donors (Lipinski definition) is 2. The van der Waals surface area contributed by atoms with Crippen LogP contribution in [0, 0.1) is 0 Å². The molecule has 0 aliphatic heterocycles. The summed E-state index contributed by atoms with van der Waals surface area (Å²) in [6.45, 7) is 3.08. The molecule has 82 valence electrons. The Morgan fingerprint density at radius 3 is 1.38 bits per heavy atom. The molecule has 3 N–H and O–H groups in total. The van der Waals surface area contributed by atoms with E-state index in [9.17, 15) is 16.8 Å². The predicted octanol–water partition coefficient (Wildman–Crippen LogP) is -1.15. The molecule has 0 atom stereocenters. The van der Waals surface area contributed by atoms with E-state index in [1.165, 1.54) is 14.0 Å². The molecular weight excluding hydrogens is 216 g/mol. The number of nitrogens with two attached hydrogens (primary N) is 1. The highest BCUT2D eigenvalue weighted by molar-refractivity contribution is 7.89. The van der Waals surface area contributed by atoms with Gasteiger partial charge in [-0.1, -0.05) is 0 Å². The minimum atomic E-state index is -3.16. The highest BCUT2D eigenvalue weighted by Gasteiger charge is 1.97. The predicted molar refractivity (Wildman–Crippen MR) is 52.2 cm³/mol. The molecule has 8 heteroatoms. The Labute approximate surface area is 79.6 Å². The van der Waals surface area contributed by atoms with Crippen LogP contribution < -0.4 is 9.86 Å². The van der Waals surface area contributed by atoms with Crippen molar-refractivity contribution < 1.29 is 16.8 Å². The molecule has 0 radical (unpaired) electrons. The summed E-state index contributed by atoms with van der Waals surface area (Å²) in [5, 5.41) is 4.51. The summed E-state index contributed by atoms with van der Waals surface area (Å²) in [7, 11) is -4.67. The van der Waals surface area contributed by atoms with Crippen LogP contribution in [0.5, 0.6) is 0 Å². The Morgan fingerprint density at radius 1 is 1.08 bits per heavy atom. The van der Waals surface area contributed by atoms with Crippen LogP contribution >= 0.6 is 0 Å². The van der Waals surface area contributed by atoms with E-state index in [0.29, 0.717) is 0 Å². The largest absolute Gasteiger partial charge is 0.229 e. The first-order chi connectivity index (χ1) is 5.68. The third kappa shape index (κ3) is 14.7. The molecule has 0 spiro atoms. The zero-order valence-corrected chi connectivity index (χ0v) is 9.57. The number of primary sulfonamides is 1. The second-order valence-corrected chi connectivity index (χ2v) is 6.18. The molecule has 0 rings (SSSR count). The van der Waals surface area contributed by atoms with E-state index in [1.54, 1.807) is 6.92 Å². The van der Waals surface area contributed by atoms with Crippen LogP contribution in [0.2, 0.25) is 0 Å². The van der Waals surface area contributed by atoms with E-state index >= 15 is 0 Å². The van der Waals surface area contributed by atoms with E-state index in [-0.39, 0.29) is 11.5 Å². The van der Waals surface area contributed by atoms with Crippen molar-refractivity contribution in [2.75, 3.05) is 18.6 Å².